The average molecular weight is 345 g/mol. The second kappa shape index (κ2) is 9.23. The molecule has 4 nitrogen and oxygen atoms in total. The fourth-order valence-electron chi connectivity index (χ4n) is 2.58. The average Bonchev–Trinajstić information content (AvgIpc) is 2.54. The molecule has 0 radical (unpaired) electrons. The Morgan fingerprint density at radius 3 is 2.59 bits per heavy atom. The topological polar surface area (TPSA) is 41.6 Å². The van der Waals surface area contributed by atoms with Crippen LogP contribution in [-0.4, -0.2) is 49.0 Å². The molecule has 0 atom stereocenters. The number of hydrogen-bond acceptors (Lipinski definition) is 3. The second-order valence-electron chi connectivity index (χ2n) is 5.47. The highest BCUT2D eigenvalue weighted by molar-refractivity contribution is 6.30. The molecule has 0 spiro atoms. The summed E-state index contributed by atoms with van der Waals surface area (Å²) in [4.78, 5) is 13.7. The first-order chi connectivity index (χ1) is 10.7. The minimum absolute atomic E-state index is 0.0439. The van der Waals surface area contributed by atoms with E-state index in [4.69, 9.17) is 27.9 Å². The molecule has 1 aliphatic rings. The lowest BCUT2D eigenvalue weighted by Gasteiger charge is -2.32. The highest BCUT2D eigenvalue weighted by Crippen LogP contribution is 2.16. The van der Waals surface area contributed by atoms with Crippen LogP contribution in [0.5, 0.6) is 5.75 Å². The van der Waals surface area contributed by atoms with Crippen LogP contribution in [0.25, 0.3) is 0 Å². The first-order valence-corrected chi connectivity index (χ1v) is 8.54. The van der Waals surface area contributed by atoms with Gasteiger partial charge >= 0.3 is 0 Å². The zero-order valence-corrected chi connectivity index (χ0v) is 14.1. The van der Waals surface area contributed by atoms with Gasteiger partial charge in [0.05, 0.1) is 6.61 Å². The first-order valence-electron chi connectivity index (χ1n) is 7.63. The zero-order chi connectivity index (χ0) is 15.8. The lowest BCUT2D eigenvalue weighted by atomic mass is 10.0. The smallest absolute Gasteiger partial charge is 0.235 e. The Morgan fingerprint density at radius 1 is 1.27 bits per heavy atom. The fourth-order valence-corrected chi connectivity index (χ4v) is 2.78. The van der Waals surface area contributed by atoms with Crippen LogP contribution in [-0.2, 0) is 4.79 Å². The van der Waals surface area contributed by atoms with Gasteiger partial charge in [-0.15, -0.1) is 11.6 Å². The van der Waals surface area contributed by atoms with E-state index in [-0.39, 0.29) is 17.8 Å². The largest absolute Gasteiger partial charge is 0.494 e. The van der Waals surface area contributed by atoms with Gasteiger partial charge in [0.2, 0.25) is 5.91 Å². The van der Waals surface area contributed by atoms with E-state index in [1.165, 1.54) is 0 Å². The molecule has 0 saturated carbocycles. The molecule has 1 aliphatic heterocycles. The van der Waals surface area contributed by atoms with Crippen molar-refractivity contribution >= 4 is 29.1 Å². The van der Waals surface area contributed by atoms with Gasteiger partial charge in [-0.1, -0.05) is 11.6 Å². The quantitative estimate of drug-likeness (QED) is 0.610. The van der Waals surface area contributed by atoms with E-state index in [0.29, 0.717) is 6.61 Å². The van der Waals surface area contributed by atoms with Crippen LogP contribution >= 0.6 is 23.2 Å². The maximum absolute atomic E-state index is 11.2. The minimum atomic E-state index is -0.0727. The molecule has 1 aromatic rings. The van der Waals surface area contributed by atoms with Crippen molar-refractivity contribution in [1.29, 1.82) is 0 Å². The van der Waals surface area contributed by atoms with Gasteiger partial charge in [-0.25, -0.2) is 0 Å². The molecule has 1 amide bonds. The van der Waals surface area contributed by atoms with Crippen molar-refractivity contribution in [3.8, 4) is 5.75 Å². The normalized spacial score (nSPS) is 16.5. The molecule has 6 heteroatoms. The maximum Gasteiger partial charge on any atom is 0.235 e. The summed E-state index contributed by atoms with van der Waals surface area (Å²) in [5, 5.41) is 3.67. The van der Waals surface area contributed by atoms with Crippen LogP contribution in [0.3, 0.4) is 0 Å². The maximum atomic E-state index is 11.2. The molecule has 0 aromatic heterocycles. The Hall–Kier alpha value is -0.970. The Balaban J connectivity index is 1.57. The van der Waals surface area contributed by atoms with Crippen molar-refractivity contribution in [2.24, 2.45) is 0 Å². The molecule has 1 N–H and O–H groups in total. The molecule has 1 heterocycles. The number of amides is 1. The van der Waals surface area contributed by atoms with Gasteiger partial charge in [0.25, 0.3) is 0 Å². The van der Waals surface area contributed by atoms with Crippen LogP contribution < -0.4 is 10.1 Å². The first kappa shape index (κ1) is 17.4. The number of hydrogen-bond donors (Lipinski definition) is 1. The molecular formula is C16H22Cl2N2O2. The van der Waals surface area contributed by atoms with E-state index in [0.717, 1.165) is 49.7 Å². The van der Waals surface area contributed by atoms with E-state index >= 15 is 0 Å². The van der Waals surface area contributed by atoms with Gasteiger partial charge in [0, 0.05) is 30.7 Å². The molecule has 1 fully saturated rings. The van der Waals surface area contributed by atoms with Crippen LogP contribution in [0.2, 0.25) is 5.02 Å². The molecule has 1 saturated heterocycles. The summed E-state index contributed by atoms with van der Waals surface area (Å²) in [6.07, 6.45) is 2.96. The SMILES string of the molecule is O=C(CCl)NC1CCN(CCCOc2ccc(Cl)cc2)CC1. The van der Waals surface area contributed by atoms with E-state index in [1.807, 2.05) is 24.3 Å². The fraction of sp³-hybridized carbons (Fsp3) is 0.562. The van der Waals surface area contributed by atoms with Crippen molar-refractivity contribution in [3.05, 3.63) is 29.3 Å². The van der Waals surface area contributed by atoms with E-state index in [1.54, 1.807) is 0 Å². The predicted molar refractivity (Wildman–Crippen MR) is 89.9 cm³/mol. The molecule has 0 aliphatic carbocycles. The van der Waals surface area contributed by atoms with Gasteiger partial charge in [0.15, 0.2) is 0 Å². The van der Waals surface area contributed by atoms with Crippen molar-refractivity contribution in [1.82, 2.24) is 10.2 Å². The monoisotopic (exact) mass is 344 g/mol. The number of benzene rings is 1. The molecular weight excluding hydrogens is 323 g/mol. The Bertz CT molecular complexity index is 460. The zero-order valence-electron chi connectivity index (χ0n) is 12.6. The number of carbonyl (C=O) groups is 1. The van der Waals surface area contributed by atoms with Crippen molar-refractivity contribution < 1.29 is 9.53 Å². The summed E-state index contributed by atoms with van der Waals surface area (Å²) in [5.74, 6) is 0.825. The third kappa shape index (κ3) is 6.03. The molecule has 0 unspecified atom stereocenters. The molecule has 2 rings (SSSR count). The molecule has 0 bridgehead atoms. The van der Waals surface area contributed by atoms with E-state index in [2.05, 4.69) is 10.2 Å². The van der Waals surface area contributed by atoms with Gasteiger partial charge in [0.1, 0.15) is 11.6 Å². The number of carbonyl (C=O) groups excluding carboxylic acids is 1. The summed E-state index contributed by atoms with van der Waals surface area (Å²) >= 11 is 11.3. The highest BCUT2D eigenvalue weighted by atomic mass is 35.5. The summed E-state index contributed by atoms with van der Waals surface area (Å²) in [7, 11) is 0. The van der Waals surface area contributed by atoms with Crippen molar-refractivity contribution in [2.75, 3.05) is 32.1 Å². The number of likely N-dealkylation sites (tertiary alicyclic amines) is 1. The molecule has 22 heavy (non-hydrogen) atoms. The number of nitrogens with zero attached hydrogens (tertiary/aromatic N) is 1. The summed E-state index contributed by atoms with van der Waals surface area (Å²) in [6.45, 7) is 3.73. The van der Waals surface area contributed by atoms with Gasteiger partial charge in [-0.3, -0.25) is 4.79 Å². The standard InChI is InChI=1S/C16H22Cl2N2O2/c17-12-16(21)19-14-6-9-20(10-7-14)8-1-11-22-15-4-2-13(18)3-5-15/h2-5,14H,1,6-12H2,(H,19,21). The van der Waals surface area contributed by atoms with Crippen molar-refractivity contribution in [2.45, 2.75) is 25.3 Å². The lowest BCUT2D eigenvalue weighted by molar-refractivity contribution is -0.119. The van der Waals surface area contributed by atoms with Gasteiger partial charge in [-0.05, 0) is 43.5 Å². The van der Waals surface area contributed by atoms with Crippen LogP contribution in [0.1, 0.15) is 19.3 Å². The minimum Gasteiger partial charge on any atom is -0.494 e. The number of piperidine rings is 1. The van der Waals surface area contributed by atoms with Crippen molar-refractivity contribution in [3.63, 3.8) is 0 Å². The number of halogens is 2. The summed E-state index contributed by atoms with van der Waals surface area (Å²) < 4.78 is 5.68. The van der Waals surface area contributed by atoms with Gasteiger partial charge in [-0.2, -0.15) is 0 Å². The number of alkyl halides is 1. The number of rotatable bonds is 7. The van der Waals surface area contributed by atoms with Gasteiger partial charge < -0.3 is 15.0 Å². The van der Waals surface area contributed by atoms with Crippen LogP contribution in [0, 0.1) is 0 Å². The lowest BCUT2D eigenvalue weighted by Crippen LogP contribution is -2.45. The predicted octanol–water partition coefficient (Wildman–Crippen LogP) is 2.93. The Morgan fingerprint density at radius 2 is 1.95 bits per heavy atom. The van der Waals surface area contributed by atoms with Crippen LogP contribution in [0.4, 0.5) is 0 Å². The third-order valence-corrected chi connectivity index (χ3v) is 4.27. The molecule has 122 valence electrons. The highest BCUT2D eigenvalue weighted by Gasteiger charge is 2.19. The number of nitrogens with one attached hydrogen (secondary N) is 1. The summed E-state index contributed by atoms with van der Waals surface area (Å²) in [6, 6.07) is 7.70. The van der Waals surface area contributed by atoms with E-state index < -0.39 is 0 Å². The van der Waals surface area contributed by atoms with Crippen LogP contribution in [0.15, 0.2) is 24.3 Å². The second-order valence-corrected chi connectivity index (χ2v) is 6.18. The van der Waals surface area contributed by atoms with E-state index in [9.17, 15) is 4.79 Å². The number of ether oxygens (including phenoxy) is 1. The summed E-state index contributed by atoms with van der Waals surface area (Å²) in [5.41, 5.74) is 0. The molecule has 1 aromatic carbocycles. The Kier molecular flexibility index (Phi) is 7.30. The Labute approximate surface area is 141 Å². The third-order valence-electron chi connectivity index (χ3n) is 3.78.